The second-order valence-corrected chi connectivity index (χ2v) is 5.76. The van der Waals surface area contributed by atoms with E-state index >= 15 is 0 Å². The molecule has 1 aliphatic rings. The maximum atomic E-state index is 14.9. The van der Waals surface area contributed by atoms with E-state index in [1.165, 1.54) is 6.07 Å². The zero-order chi connectivity index (χ0) is 16.7. The van der Waals surface area contributed by atoms with Gasteiger partial charge in [0.05, 0.1) is 29.9 Å². The van der Waals surface area contributed by atoms with Gasteiger partial charge in [-0.15, -0.1) is 0 Å². The number of benzene rings is 1. The largest absolute Gasteiger partial charge is 0.392 e. The number of nitrogens with zero attached hydrogens (tertiary/aromatic N) is 2. The Morgan fingerprint density at radius 1 is 1.35 bits per heavy atom. The third-order valence-electron chi connectivity index (χ3n) is 3.90. The highest BCUT2D eigenvalue weighted by Gasteiger charge is 2.30. The van der Waals surface area contributed by atoms with Gasteiger partial charge < -0.3 is 19.3 Å². The van der Waals surface area contributed by atoms with E-state index in [0.717, 1.165) is 0 Å². The number of hydrogen-bond donors (Lipinski definition) is 1. The molecule has 1 N–H and O–H groups in total. The zero-order valence-corrected chi connectivity index (χ0v) is 12.7. The van der Waals surface area contributed by atoms with Gasteiger partial charge in [0.15, 0.2) is 11.5 Å². The van der Waals surface area contributed by atoms with Crippen molar-refractivity contribution in [1.82, 2.24) is 5.16 Å². The Kier molecular flexibility index (Phi) is 4.20. The molecule has 0 spiro atoms. The molecule has 2 atom stereocenters. The summed E-state index contributed by atoms with van der Waals surface area (Å²) in [5, 5.41) is 12.7. The van der Waals surface area contributed by atoms with Crippen LogP contribution in [0.1, 0.15) is 31.5 Å². The molecule has 3 rings (SSSR count). The Morgan fingerprint density at radius 3 is 2.57 bits per heavy atom. The molecule has 2 aromatic rings. The smallest absolute Gasteiger partial charge is 0.284 e. The molecule has 0 radical (unpaired) electrons. The number of aliphatic hydroxyl groups excluding tert-OH is 1. The molecular weight excluding hydrogens is 313 g/mol. The number of ether oxygens (including phenoxy) is 1. The van der Waals surface area contributed by atoms with Crippen molar-refractivity contribution < 1.29 is 27.5 Å². The Labute approximate surface area is 130 Å². The van der Waals surface area contributed by atoms with Crippen molar-refractivity contribution in [3.8, 4) is 0 Å². The van der Waals surface area contributed by atoms with Crippen molar-refractivity contribution in [2.24, 2.45) is 0 Å². The lowest BCUT2D eigenvalue weighted by molar-refractivity contribution is -0.00549. The van der Waals surface area contributed by atoms with Crippen LogP contribution in [0.3, 0.4) is 0 Å². The minimum Gasteiger partial charge on any atom is -0.392 e. The number of aliphatic hydroxyl groups is 1. The summed E-state index contributed by atoms with van der Waals surface area (Å²) in [4.78, 5) is 1.74. The van der Waals surface area contributed by atoms with Gasteiger partial charge in [0, 0.05) is 18.7 Å². The maximum Gasteiger partial charge on any atom is 0.284 e. The van der Waals surface area contributed by atoms with E-state index in [1.54, 1.807) is 4.90 Å². The molecule has 1 aromatic carbocycles. The lowest BCUT2D eigenvalue weighted by atomic mass is 10.1. The van der Waals surface area contributed by atoms with Gasteiger partial charge in [0.2, 0.25) is 5.58 Å². The third kappa shape index (κ3) is 2.76. The molecule has 0 aliphatic carbocycles. The molecule has 126 valence electrons. The van der Waals surface area contributed by atoms with Crippen LogP contribution in [0, 0.1) is 5.82 Å². The molecule has 8 heteroatoms. The van der Waals surface area contributed by atoms with Gasteiger partial charge >= 0.3 is 0 Å². The van der Waals surface area contributed by atoms with Crippen LogP contribution in [-0.4, -0.2) is 35.6 Å². The van der Waals surface area contributed by atoms with Gasteiger partial charge in [-0.25, -0.2) is 13.2 Å². The molecule has 1 saturated heterocycles. The van der Waals surface area contributed by atoms with E-state index in [1.807, 2.05) is 13.8 Å². The topological polar surface area (TPSA) is 58.7 Å². The van der Waals surface area contributed by atoms with Crippen LogP contribution in [0.5, 0.6) is 0 Å². The van der Waals surface area contributed by atoms with E-state index in [0.29, 0.717) is 13.1 Å². The number of halogens is 3. The summed E-state index contributed by atoms with van der Waals surface area (Å²) in [6.45, 7) is 4.10. The van der Waals surface area contributed by atoms with Crippen LogP contribution in [0.2, 0.25) is 0 Å². The van der Waals surface area contributed by atoms with Gasteiger partial charge in [0.1, 0.15) is 0 Å². The first-order valence-electron chi connectivity index (χ1n) is 7.32. The summed E-state index contributed by atoms with van der Waals surface area (Å²) in [7, 11) is 0. The molecule has 0 amide bonds. The molecule has 1 fully saturated rings. The normalized spacial score (nSPS) is 22.3. The SMILES string of the molecule is CC1CN(c2c(CO)cc3c(C(F)F)noc3c2F)CC(C)O1. The van der Waals surface area contributed by atoms with Crippen LogP contribution in [-0.2, 0) is 11.3 Å². The first kappa shape index (κ1) is 16.1. The summed E-state index contributed by atoms with van der Waals surface area (Å²) in [6, 6.07) is 1.32. The lowest BCUT2D eigenvalue weighted by Gasteiger charge is -2.37. The van der Waals surface area contributed by atoms with Gasteiger partial charge in [-0.05, 0) is 19.9 Å². The zero-order valence-electron chi connectivity index (χ0n) is 12.7. The highest BCUT2D eigenvalue weighted by Crippen LogP contribution is 2.37. The van der Waals surface area contributed by atoms with Crippen molar-refractivity contribution in [3.63, 3.8) is 0 Å². The molecule has 2 heterocycles. The average molecular weight is 330 g/mol. The third-order valence-corrected chi connectivity index (χ3v) is 3.90. The van der Waals surface area contributed by atoms with E-state index < -0.39 is 24.5 Å². The Hall–Kier alpha value is -1.80. The van der Waals surface area contributed by atoms with Crippen molar-refractivity contribution in [2.75, 3.05) is 18.0 Å². The van der Waals surface area contributed by atoms with Crippen molar-refractivity contribution in [3.05, 3.63) is 23.1 Å². The molecule has 0 saturated carbocycles. The molecule has 5 nitrogen and oxygen atoms in total. The number of fused-ring (bicyclic) bond motifs is 1. The second kappa shape index (κ2) is 6.01. The highest BCUT2D eigenvalue weighted by atomic mass is 19.3. The van der Waals surface area contributed by atoms with Crippen LogP contribution in [0.25, 0.3) is 11.0 Å². The summed E-state index contributed by atoms with van der Waals surface area (Å²) in [5.74, 6) is -0.785. The lowest BCUT2D eigenvalue weighted by Crippen LogP contribution is -2.46. The van der Waals surface area contributed by atoms with E-state index in [4.69, 9.17) is 9.26 Å². The van der Waals surface area contributed by atoms with Crippen LogP contribution in [0.4, 0.5) is 18.9 Å². The van der Waals surface area contributed by atoms with Gasteiger partial charge in [-0.2, -0.15) is 0 Å². The molecular formula is C15H17F3N2O3. The Morgan fingerprint density at radius 2 is 2.00 bits per heavy atom. The number of rotatable bonds is 3. The molecule has 1 aliphatic heterocycles. The number of morpholine rings is 1. The number of alkyl halides is 2. The molecule has 1 aromatic heterocycles. The van der Waals surface area contributed by atoms with Gasteiger partial charge in [-0.1, -0.05) is 5.16 Å². The number of aromatic nitrogens is 1. The van der Waals surface area contributed by atoms with Crippen molar-refractivity contribution in [2.45, 2.75) is 39.1 Å². The summed E-state index contributed by atoms with van der Waals surface area (Å²) in [6.07, 6.45) is -3.12. The first-order valence-corrected chi connectivity index (χ1v) is 7.32. The molecule has 23 heavy (non-hydrogen) atoms. The minimum absolute atomic E-state index is 0.111. The quantitative estimate of drug-likeness (QED) is 0.937. The minimum atomic E-state index is -2.88. The van der Waals surface area contributed by atoms with E-state index in [9.17, 15) is 18.3 Å². The fraction of sp³-hybridized carbons (Fsp3) is 0.533. The highest BCUT2D eigenvalue weighted by molar-refractivity contribution is 5.86. The average Bonchev–Trinajstić information content (AvgIpc) is 2.90. The van der Waals surface area contributed by atoms with Crippen LogP contribution < -0.4 is 4.90 Å². The van der Waals surface area contributed by atoms with Gasteiger partial charge in [-0.3, -0.25) is 0 Å². The number of hydrogen-bond acceptors (Lipinski definition) is 5. The summed E-state index contributed by atoms with van der Waals surface area (Å²) < 4.78 is 51.1. The summed E-state index contributed by atoms with van der Waals surface area (Å²) >= 11 is 0. The molecule has 0 bridgehead atoms. The maximum absolute atomic E-state index is 14.9. The molecule has 2 unspecified atom stereocenters. The van der Waals surface area contributed by atoms with E-state index in [2.05, 4.69) is 5.16 Å². The van der Waals surface area contributed by atoms with Crippen LogP contribution in [0.15, 0.2) is 10.6 Å². The van der Waals surface area contributed by atoms with Crippen molar-refractivity contribution in [1.29, 1.82) is 0 Å². The van der Waals surface area contributed by atoms with Crippen LogP contribution >= 0.6 is 0 Å². The van der Waals surface area contributed by atoms with E-state index in [-0.39, 0.29) is 34.4 Å². The fourth-order valence-electron chi connectivity index (χ4n) is 3.08. The van der Waals surface area contributed by atoms with Gasteiger partial charge in [0.25, 0.3) is 6.43 Å². The standard InChI is InChI=1S/C15H17F3N2O3/c1-7-4-20(5-8(2)22-7)13-9(6-21)3-10-12(15(17)18)19-23-14(10)11(13)16/h3,7-8,15,21H,4-6H2,1-2H3. The predicted octanol–water partition coefficient (Wildman–Crippen LogP) is 3.01. The number of anilines is 1. The first-order chi connectivity index (χ1) is 10.9. The Balaban J connectivity index is 2.15. The summed E-state index contributed by atoms with van der Waals surface area (Å²) in [5.41, 5.74) is -0.566. The Bertz CT molecular complexity index is 710. The fourth-order valence-corrected chi connectivity index (χ4v) is 3.08. The monoisotopic (exact) mass is 330 g/mol. The van der Waals surface area contributed by atoms with Crippen molar-refractivity contribution >= 4 is 16.7 Å². The predicted molar refractivity (Wildman–Crippen MR) is 77.1 cm³/mol. The second-order valence-electron chi connectivity index (χ2n) is 5.76.